The van der Waals surface area contributed by atoms with Crippen molar-refractivity contribution in [2.45, 2.75) is 25.9 Å². The molecule has 142 valence electrons. The minimum atomic E-state index is -0.312. The molecule has 6 heteroatoms. The van der Waals surface area contributed by atoms with Crippen LogP contribution in [0.4, 0.5) is 0 Å². The van der Waals surface area contributed by atoms with Crippen molar-refractivity contribution in [3.8, 4) is 0 Å². The summed E-state index contributed by atoms with van der Waals surface area (Å²) in [5, 5.41) is 3.16. The second-order valence-electron chi connectivity index (χ2n) is 6.76. The zero-order valence-electron chi connectivity index (χ0n) is 16.0. The SMILES string of the molecule is CCc1nc2ccccc2n1CC(=O)NC(c1ccccc1)c1nccn1C. The predicted molar refractivity (Wildman–Crippen MR) is 109 cm³/mol. The maximum atomic E-state index is 13.0. The van der Waals surface area contributed by atoms with Crippen LogP contribution in [-0.4, -0.2) is 25.0 Å². The maximum absolute atomic E-state index is 13.0. The molecule has 1 unspecified atom stereocenters. The predicted octanol–water partition coefficient (Wildman–Crippen LogP) is 3.24. The van der Waals surface area contributed by atoms with Crippen LogP contribution in [0.15, 0.2) is 67.0 Å². The number of hydrogen-bond donors (Lipinski definition) is 1. The molecule has 4 aromatic rings. The number of rotatable bonds is 6. The Bertz CT molecular complexity index is 1100. The minimum absolute atomic E-state index is 0.0743. The third-order valence-electron chi connectivity index (χ3n) is 4.91. The van der Waals surface area contributed by atoms with E-state index in [1.807, 2.05) is 77.0 Å². The maximum Gasteiger partial charge on any atom is 0.240 e. The Labute approximate surface area is 163 Å². The Morgan fingerprint density at radius 3 is 2.57 bits per heavy atom. The number of aromatic nitrogens is 4. The number of hydrogen-bond acceptors (Lipinski definition) is 3. The molecule has 6 nitrogen and oxygen atoms in total. The Hall–Kier alpha value is -3.41. The quantitative estimate of drug-likeness (QED) is 0.564. The van der Waals surface area contributed by atoms with Crippen LogP contribution in [0.25, 0.3) is 11.0 Å². The van der Waals surface area contributed by atoms with E-state index in [1.165, 1.54) is 0 Å². The monoisotopic (exact) mass is 373 g/mol. The summed E-state index contributed by atoms with van der Waals surface area (Å²) in [4.78, 5) is 22.1. The van der Waals surface area contributed by atoms with Crippen molar-refractivity contribution in [1.29, 1.82) is 0 Å². The van der Waals surface area contributed by atoms with E-state index in [0.29, 0.717) is 0 Å². The molecular formula is C22H23N5O. The molecule has 0 aliphatic heterocycles. The zero-order valence-corrected chi connectivity index (χ0v) is 16.0. The molecule has 2 aromatic heterocycles. The van der Waals surface area contributed by atoms with Gasteiger partial charge in [0.1, 0.15) is 24.2 Å². The highest BCUT2D eigenvalue weighted by atomic mass is 16.2. The molecule has 0 bridgehead atoms. The average Bonchev–Trinajstić information content (AvgIpc) is 3.30. The third-order valence-corrected chi connectivity index (χ3v) is 4.91. The van der Waals surface area contributed by atoms with E-state index in [0.717, 1.165) is 34.7 Å². The number of nitrogens with zero attached hydrogens (tertiary/aromatic N) is 4. The molecule has 0 radical (unpaired) electrons. The smallest absolute Gasteiger partial charge is 0.240 e. The molecule has 4 rings (SSSR count). The lowest BCUT2D eigenvalue weighted by molar-refractivity contribution is -0.122. The Morgan fingerprint density at radius 1 is 1.11 bits per heavy atom. The van der Waals surface area contributed by atoms with Gasteiger partial charge in [-0.25, -0.2) is 9.97 Å². The van der Waals surface area contributed by atoms with Gasteiger partial charge in [0, 0.05) is 25.9 Å². The first kappa shape index (κ1) is 18.0. The fourth-order valence-corrected chi connectivity index (χ4v) is 3.52. The number of carbonyl (C=O) groups excluding carboxylic acids is 1. The van der Waals surface area contributed by atoms with Gasteiger partial charge in [-0.05, 0) is 17.7 Å². The largest absolute Gasteiger partial charge is 0.341 e. The summed E-state index contributed by atoms with van der Waals surface area (Å²) in [7, 11) is 1.93. The van der Waals surface area contributed by atoms with Gasteiger partial charge < -0.3 is 14.5 Å². The van der Waals surface area contributed by atoms with Crippen LogP contribution in [0.3, 0.4) is 0 Å². The highest BCUT2D eigenvalue weighted by Crippen LogP contribution is 2.21. The number of para-hydroxylation sites is 2. The van der Waals surface area contributed by atoms with E-state index in [-0.39, 0.29) is 18.5 Å². The van der Waals surface area contributed by atoms with Crippen molar-refractivity contribution < 1.29 is 4.79 Å². The Balaban J connectivity index is 1.64. The first-order valence-electron chi connectivity index (χ1n) is 9.43. The number of fused-ring (bicyclic) bond motifs is 1. The van der Waals surface area contributed by atoms with Crippen LogP contribution in [0.5, 0.6) is 0 Å². The van der Waals surface area contributed by atoms with Gasteiger partial charge in [0.15, 0.2) is 0 Å². The van der Waals surface area contributed by atoms with Crippen LogP contribution in [0.2, 0.25) is 0 Å². The lowest BCUT2D eigenvalue weighted by Crippen LogP contribution is -2.34. The van der Waals surface area contributed by atoms with Crippen molar-refractivity contribution in [3.05, 3.63) is 84.2 Å². The van der Waals surface area contributed by atoms with Crippen LogP contribution < -0.4 is 5.32 Å². The fourth-order valence-electron chi connectivity index (χ4n) is 3.52. The molecule has 2 aromatic carbocycles. The first-order valence-corrected chi connectivity index (χ1v) is 9.43. The number of carbonyl (C=O) groups is 1. The molecule has 0 saturated heterocycles. The Kier molecular flexibility index (Phi) is 4.93. The van der Waals surface area contributed by atoms with E-state index in [4.69, 9.17) is 0 Å². The van der Waals surface area contributed by atoms with Crippen molar-refractivity contribution >= 4 is 16.9 Å². The fraction of sp³-hybridized carbons (Fsp3) is 0.227. The summed E-state index contributed by atoms with van der Waals surface area (Å²) in [6.07, 6.45) is 4.40. The van der Waals surface area contributed by atoms with Gasteiger partial charge in [-0.15, -0.1) is 0 Å². The molecule has 1 atom stereocenters. The molecule has 0 saturated carbocycles. The third kappa shape index (κ3) is 3.41. The van der Waals surface area contributed by atoms with E-state index in [1.54, 1.807) is 6.20 Å². The highest BCUT2D eigenvalue weighted by molar-refractivity contribution is 5.81. The number of benzene rings is 2. The van der Waals surface area contributed by atoms with Gasteiger partial charge in [-0.2, -0.15) is 0 Å². The molecule has 0 spiro atoms. The lowest BCUT2D eigenvalue weighted by Gasteiger charge is -2.20. The molecule has 28 heavy (non-hydrogen) atoms. The second kappa shape index (κ2) is 7.68. The van der Waals surface area contributed by atoms with E-state index in [9.17, 15) is 4.79 Å². The van der Waals surface area contributed by atoms with Gasteiger partial charge in [0.2, 0.25) is 5.91 Å². The molecule has 1 amide bonds. The molecule has 1 N–H and O–H groups in total. The van der Waals surface area contributed by atoms with Gasteiger partial charge in [0.25, 0.3) is 0 Å². The van der Waals surface area contributed by atoms with E-state index < -0.39 is 0 Å². The van der Waals surface area contributed by atoms with Gasteiger partial charge >= 0.3 is 0 Å². The van der Waals surface area contributed by atoms with Gasteiger partial charge in [0.05, 0.1) is 11.0 Å². The summed E-state index contributed by atoms with van der Waals surface area (Å²) in [6, 6.07) is 17.5. The van der Waals surface area contributed by atoms with Gasteiger partial charge in [-0.3, -0.25) is 4.79 Å². The molecule has 0 aliphatic rings. The Morgan fingerprint density at radius 2 is 1.86 bits per heavy atom. The number of aryl methyl sites for hydroxylation is 2. The van der Waals surface area contributed by atoms with Crippen molar-refractivity contribution in [1.82, 2.24) is 24.4 Å². The topological polar surface area (TPSA) is 64.7 Å². The summed E-state index contributed by atoms with van der Waals surface area (Å²) in [6.45, 7) is 2.27. The standard InChI is InChI=1S/C22H23N5O/c1-3-19-24-17-11-7-8-12-18(17)27(19)15-20(28)25-21(16-9-5-4-6-10-16)22-23-13-14-26(22)2/h4-14,21H,3,15H2,1-2H3,(H,25,28). The summed E-state index contributed by atoms with van der Waals surface area (Å²) >= 11 is 0. The molecule has 0 aliphatic carbocycles. The zero-order chi connectivity index (χ0) is 19.5. The first-order chi connectivity index (χ1) is 13.7. The molecule has 2 heterocycles. The van der Waals surface area contributed by atoms with E-state index in [2.05, 4.69) is 22.2 Å². The van der Waals surface area contributed by atoms with Crippen LogP contribution in [0, 0.1) is 0 Å². The molecule has 0 fully saturated rings. The van der Waals surface area contributed by atoms with Gasteiger partial charge in [-0.1, -0.05) is 49.4 Å². The van der Waals surface area contributed by atoms with Crippen molar-refractivity contribution in [2.75, 3.05) is 0 Å². The van der Waals surface area contributed by atoms with E-state index >= 15 is 0 Å². The van der Waals surface area contributed by atoms with Crippen molar-refractivity contribution in [3.63, 3.8) is 0 Å². The highest BCUT2D eigenvalue weighted by Gasteiger charge is 2.21. The van der Waals surface area contributed by atoms with Crippen LogP contribution in [-0.2, 0) is 24.8 Å². The van der Waals surface area contributed by atoms with Crippen molar-refractivity contribution in [2.24, 2.45) is 7.05 Å². The number of amides is 1. The van der Waals surface area contributed by atoms with Crippen LogP contribution >= 0.6 is 0 Å². The lowest BCUT2D eigenvalue weighted by atomic mass is 10.1. The van der Waals surface area contributed by atoms with Crippen LogP contribution in [0.1, 0.15) is 30.2 Å². The summed E-state index contributed by atoms with van der Waals surface area (Å²) in [5.41, 5.74) is 2.88. The normalized spacial score (nSPS) is 12.2. The second-order valence-corrected chi connectivity index (χ2v) is 6.76. The average molecular weight is 373 g/mol. The number of nitrogens with one attached hydrogen (secondary N) is 1. The minimum Gasteiger partial charge on any atom is -0.341 e. The summed E-state index contributed by atoms with van der Waals surface area (Å²) in [5.74, 6) is 1.63. The summed E-state index contributed by atoms with van der Waals surface area (Å²) < 4.78 is 3.92. The molecular weight excluding hydrogens is 350 g/mol. The number of imidazole rings is 2.